The number of hydrogen-bond acceptors (Lipinski definition) is 5. The number of benzene rings is 3. The van der Waals surface area contributed by atoms with Crippen LogP contribution in [0.2, 0.25) is 0 Å². The zero-order valence-electron chi connectivity index (χ0n) is 22.5. The number of aryl methyl sites for hydroxylation is 2. The molecule has 0 bridgehead atoms. The van der Waals surface area contributed by atoms with Crippen molar-refractivity contribution in [3.63, 3.8) is 0 Å². The number of amides is 2. The lowest BCUT2D eigenvalue weighted by Crippen LogP contribution is -2.51. The van der Waals surface area contributed by atoms with Gasteiger partial charge in [-0.3, -0.25) is 13.9 Å². The van der Waals surface area contributed by atoms with E-state index in [0.29, 0.717) is 12.3 Å². The number of sulfonamides is 1. The van der Waals surface area contributed by atoms with Gasteiger partial charge in [-0.25, -0.2) is 8.42 Å². The maximum Gasteiger partial charge on any atom is 0.264 e. The molecule has 0 aliphatic carbocycles. The Balaban J connectivity index is 2.09. The summed E-state index contributed by atoms with van der Waals surface area (Å²) in [5, 5.41) is 2.75. The third kappa shape index (κ3) is 6.72. The second-order valence-corrected chi connectivity index (χ2v) is 10.9. The van der Waals surface area contributed by atoms with Crippen LogP contribution in [-0.4, -0.2) is 51.4 Å². The topological polar surface area (TPSA) is 96.0 Å². The molecular formula is C29H35N3O5S. The molecule has 0 aliphatic rings. The highest BCUT2D eigenvalue weighted by Gasteiger charge is 2.33. The minimum atomic E-state index is -4.17. The number of methoxy groups -OCH3 is 1. The molecule has 1 atom stereocenters. The standard InChI is InChI=1S/C29H35N3O5S/c1-6-30-29(34)23(4)31(19-24-10-8-7-9-11-24)28(33)20-32(26-18-22(3)14-17-27(26)37-5)38(35,36)25-15-12-21(2)13-16-25/h7-18,23H,6,19-20H2,1-5H3,(H,30,34)/t23-/m0/s1. The van der Waals surface area contributed by atoms with Gasteiger partial charge in [0.05, 0.1) is 17.7 Å². The second kappa shape index (κ2) is 12.6. The van der Waals surface area contributed by atoms with Gasteiger partial charge < -0.3 is 15.0 Å². The van der Waals surface area contributed by atoms with Gasteiger partial charge in [0.2, 0.25) is 11.8 Å². The van der Waals surface area contributed by atoms with Crippen molar-refractivity contribution >= 4 is 27.5 Å². The number of hydrogen-bond donors (Lipinski definition) is 1. The number of carbonyl (C=O) groups is 2. The van der Waals surface area contributed by atoms with Crippen LogP contribution in [0.1, 0.15) is 30.5 Å². The minimum Gasteiger partial charge on any atom is -0.495 e. The predicted octanol–water partition coefficient (Wildman–Crippen LogP) is 4.06. The Morgan fingerprint density at radius 1 is 0.947 bits per heavy atom. The van der Waals surface area contributed by atoms with Crippen molar-refractivity contribution in [1.29, 1.82) is 0 Å². The lowest BCUT2D eigenvalue weighted by Gasteiger charge is -2.32. The summed E-state index contributed by atoms with van der Waals surface area (Å²) in [5.74, 6) is -0.532. The van der Waals surface area contributed by atoms with Crippen molar-refractivity contribution in [1.82, 2.24) is 10.2 Å². The first kappa shape index (κ1) is 28.7. The van der Waals surface area contributed by atoms with Crippen molar-refractivity contribution < 1.29 is 22.7 Å². The molecule has 0 aliphatic heterocycles. The highest BCUT2D eigenvalue weighted by molar-refractivity contribution is 7.92. The van der Waals surface area contributed by atoms with Crippen LogP contribution in [0.15, 0.2) is 77.7 Å². The molecule has 0 spiro atoms. The fraction of sp³-hybridized carbons (Fsp3) is 0.310. The van der Waals surface area contributed by atoms with Crippen LogP contribution in [0.3, 0.4) is 0 Å². The molecular weight excluding hydrogens is 502 g/mol. The largest absolute Gasteiger partial charge is 0.495 e. The van der Waals surface area contributed by atoms with Crippen LogP contribution in [-0.2, 0) is 26.2 Å². The molecule has 0 unspecified atom stereocenters. The molecule has 3 rings (SSSR count). The van der Waals surface area contributed by atoms with Crippen LogP contribution >= 0.6 is 0 Å². The first-order chi connectivity index (χ1) is 18.1. The summed E-state index contributed by atoms with van der Waals surface area (Å²) < 4.78 is 34.5. The summed E-state index contributed by atoms with van der Waals surface area (Å²) in [6.07, 6.45) is 0. The number of nitrogens with one attached hydrogen (secondary N) is 1. The lowest BCUT2D eigenvalue weighted by molar-refractivity contribution is -0.139. The number of rotatable bonds is 11. The van der Waals surface area contributed by atoms with Gasteiger partial charge in [0.1, 0.15) is 18.3 Å². The van der Waals surface area contributed by atoms with Crippen molar-refractivity contribution in [3.8, 4) is 5.75 Å². The van der Waals surface area contributed by atoms with Gasteiger partial charge in [-0.15, -0.1) is 0 Å². The van der Waals surface area contributed by atoms with Crippen LogP contribution in [0.4, 0.5) is 5.69 Å². The van der Waals surface area contributed by atoms with E-state index in [-0.39, 0.29) is 23.0 Å². The molecule has 1 N–H and O–H groups in total. The van der Waals surface area contributed by atoms with E-state index in [4.69, 9.17) is 4.74 Å². The molecule has 9 heteroatoms. The van der Waals surface area contributed by atoms with Crippen molar-refractivity contribution in [2.45, 2.75) is 45.2 Å². The average molecular weight is 538 g/mol. The summed E-state index contributed by atoms with van der Waals surface area (Å²) in [5.41, 5.74) is 2.77. The number of likely N-dealkylation sites (N-methyl/N-ethyl adjacent to an activating group) is 1. The minimum absolute atomic E-state index is 0.0471. The van der Waals surface area contributed by atoms with Gasteiger partial charge in [0.25, 0.3) is 10.0 Å². The zero-order valence-corrected chi connectivity index (χ0v) is 23.3. The smallest absolute Gasteiger partial charge is 0.264 e. The Morgan fingerprint density at radius 3 is 2.18 bits per heavy atom. The third-order valence-corrected chi connectivity index (χ3v) is 7.98. The molecule has 0 fully saturated rings. The first-order valence-corrected chi connectivity index (χ1v) is 13.9. The van der Waals surface area contributed by atoms with Crippen LogP contribution < -0.4 is 14.4 Å². The maximum atomic E-state index is 14.0. The first-order valence-electron chi connectivity index (χ1n) is 12.4. The Morgan fingerprint density at radius 2 is 1.58 bits per heavy atom. The Kier molecular flexibility index (Phi) is 9.52. The van der Waals surface area contributed by atoms with Crippen LogP contribution in [0.5, 0.6) is 5.75 Å². The summed E-state index contributed by atoms with van der Waals surface area (Å²) in [7, 11) is -2.72. The van der Waals surface area contributed by atoms with Gasteiger partial charge in [-0.2, -0.15) is 0 Å². The van der Waals surface area contributed by atoms with E-state index >= 15 is 0 Å². The molecule has 8 nitrogen and oxygen atoms in total. The molecule has 3 aromatic carbocycles. The van der Waals surface area contributed by atoms with Gasteiger partial charge in [-0.05, 0) is 63.1 Å². The molecule has 0 saturated carbocycles. The molecule has 202 valence electrons. The van der Waals surface area contributed by atoms with Crippen molar-refractivity contribution in [3.05, 3.63) is 89.5 Å². The molecule has 38 heavy (non-hydrogen) atoms. The van der Waals surface area contributed by atoms with E-state index in [1.807, 2.05) is 44.2 Å². The summed E-state index contributed by atoms with van der Waals surface area (Å²) >= 11 is 0. The Labute approximate surface area is 225 Å². The zero-order chi connectivity index (χ0) is 27.9. The second-order valence-electron chi connectivity index (χ2n) is 9.08. The van der Waals surface area contributed by atoms with Crippen LogP contribution in [0.25, 0.3) is 0 Å². The van der Waals surface area contributed by atoms with E-state index in [1.165, 1.54) is 24.1 Å². The number of nitrogens with zero attached hydrogens (tertiary/aromatic N) is 2. The molecule has 3 aromatic rings. The summed E-state index contributed by atoms with van der Waals surface area (Å²) in [4.78, 5) is 28.1. The van der Waals surface area contributed by atoms with E-state index in [9.17, 15) is 18.0 Å². The average Bonchev–Trinajstić information content (AvgIpc) is 2.90. The van der Waals surface area contributed by atoms with E-state index in [0.717, 1.165) is 21.0 Å². The fourth-order valence-corrected chi connectivity index (χ4v) is 5.45. The van der Waals surface area contributed by atoms with Crippen molar-refractivity contribution in [2.75, 3.05) is 24.5 Å². The highest BCUT2D eigenvalue weighted by atomic mass is 32.2. The molecule has 0 radical (unpaired) electrons. The molecule has 0 saturated heterocycles. The predicted molar refractivity (Wildman–Crippen MR) is 149 cm³/mol. The number of ether oxygens (including phenoxy) is 1. The van der Waals surface area contributed by atoms with Gasteiger partial charge in [0.15, 0.2) is 0 Å². The fourth-order valence-electron chi connectivity index (χ4n) is 4.03. The van der Waals surface area contributed by atoms with E-state index < -0.39 is 28.5 Å². The highest BCUT2D eigenvalue weighted by Crippen LogP contribution is 2.33. The normalized spacial score (nSPS) is 11.9. The molecule has 0 heterocycles. The van der Waals surface area contributed by atoms with Gasteiger partial charge >= 0.3 is 0 Å². The molecule has 2 amide bonds. The van der Waals surface area contributed by atoms with Crippen LogP contribution in [0, 0.1) is 13.8 Å². The monoisotopic (exact) mass is 537 g/mol. The van der Waals surface area contributed by atoms with Crippen molar-refractivity contribution in [2.24, 2.45) is 0 Å². The lowest BCUT2D eigenvalue weighted by atomic mass is 10.1. The van der Waals surface area contributed by atoms with Gasteiger partial charge in [-0.1, -0.05) is 54.1 Å². The SMILES string of the molecule is CCNC(=O)[C@H](C)N(Cc1ccccc1)C(=O)CN(c1cc(C)ccc1OC)S(=O)(=O)c1ccc(C)cc1. The van der Waals surface area contributed by atoms with E-state index in [1.54, 1.807) is 44.2 Å². The van der Waals surface area contributed by atoms with E-state index in [2.05, 4.69) is 5.32 Å². The number of anilines is 1. The summed E-state index contributed by atoms with van der Waals surface area (Å²) in [6.45, 7) is 7.16. The number of carbonyl (C=O) groups excluding carboxylic acids is 2. The summed E-state index contributed by atoms with van der Waals surface area (Å²) in [6, 6.07) is 20.0. The third-order valence-electron chi connectivity index (χ3n) is 6.20. The Bertz CT molecular complexity index is 1360. The quantitative estimate of drug-likeness (QED) is 0.398. The molecule has 0 aromatic heterocycles. The Hall–Kier alpha value is -3.85. The maximum absolute atomic E-state index is 14.0. The van der Waals surface area contributed by atoms with Gasteiger partial charge in [0, 0.05) is 13.1 Å².